The van der Waals surface area contributed by atoms with E-state index in [1.54, 1.807) is 0 Å². The first-order chi connectivity index (χ1) is 3.63. The average molecular weight is 122 g/mol. The highest BCUT2D eigenvalue weighted by atomic mass is 16.6. The van der Waals surface area contributed by atoms with E-state index < -0.39 is 0 Å². The van der Waals surface area contributed by atoms with Crippen molar-refractivity contribution in [1.82, 2.24) is 11.1 Å². The molecule has 0 aromatic rings. The highest BCUT2D eigenvalue weighted by Gasteiger charge is 1.84. The predicted molar refractivity (Wildman–Crippen MR) is 26.8 cm³/mol. The van der Waals surface area contributed by atoms with Crippen LogP contribution >= 0.6 is 0 Å². The van der Waals surface area contributed by atoms with Crippen molar-refractivity contribution in [2.75, 3.05) is 14.1 Å². The molecule has 0 amide bonds. The van der Waals surface area contributed by atoms with E-state index in [1.165, 1.54) is 14.1 Å². The minimum atomic E-state index is -0.278. The number of hydrogen-bond donors (Lipinski definition) is 4. The van der Waals surface area contributed by atoms with Crippen molar-refractivity contribution in [2.45, 2.75) is 0 Å². The maximum Gasteiger partial charge on any atom is 0.0852 e. The van der Waals surface area contributed by atoms with Crippen LogP contribution in [-0.2, 0) is 0 Å². The summed E-state index contributed by atoms with van der Waals surface area (Å²) in [5.41, 5.74) is 4.21. The SMILES string of the molecule is C[NH+]([O-])NN[NH+](C)[O-]. The van der Waals surface area contributed by atoms with E-state index in [-0.39, 0.29) is 10.3 Å². The topological polar surface area (TPSA) is 79.1 Å². The Morgan fingerprint density at radius 1 is 1.00 bits per heavy atom. The van der Waals surface area contributed by atoms with Gasteiger partial charge in [-0.3, -0.25) is 10.3 Å². The molecule has 0 saturated carbocycles. The summed E-state index contributed by atoms with van der Waals surface area (Å²) in [5.74, 6) is 0. The molecule has 0 radical (unpaired) electrons. The van der Waals surface area contributed by atoms with Gasteiger partial charge in [-0.05, 0) is 0 Å². The third kappa shape index (κ3) is 5.76. The minimum absolute atomic E-state index is 0.278. The number of hydroxylamine groups is 2. The first kappa shape index (κ1) is 7.76. The van der Waals surface area contributed by atoms with Crippen molar-refractivity contribution in [3.05, 3.63) is 10.4 Å². The lowest BCUT2D eigenvalue weighted by Crippen LogP contribution is -3.24. The zero-order valence-electron chi connectivity index (χ0n) is 4.82. The summed E-state index contributed by atoms with van der Waals surface area (Å²) in [6, 6.07) is 0. The molecule has 6 nitrogen and oxygen atoms in total. The van der Waals surface area contributed by atoms with Crippen LogP contribution in [0.4, 0.5) is 0 Å². The molecular weight excluding hydrogens is 112 g/mol. The van der Waals surface area contributed by atoms with E-state index in [4.69, 9.17) is 0 Å². The maximum atomic E-state index is 10.0. The van der Waals surface area contributed by atoms with E-state index in [2.05, 4.69) is 11.1 Å². The van der Waals surface area contributed by atoms with Crippen molar-refractivity contribution in [1.29, 1.82) is 0 Å². The summed E-state index contributed by atoms with van der Waals surface area (Å²) in [7, 11) is 2.63. The fraction of sp³-hybridized carbons (Fsp3) is 1.00. The molecule has 0 aliphatic rings. The number of quaternary nitrogens is 2. The molecule has 4 N–H and O–H groups in total. The number of hydrazine groups is 1. The Morgan fingerprint density at radius 3 is 1.38 bits per heavy atom. The first-order valence-electron chi connectivity index (χ1n) is 2.16. The molecule has 0 aromatic heterocycles. The third-order valence-electron chi connectivity index (χ3n) is 0.415. The molecule has 0 saturated heterocycles. The lowest BCUT2D eigenvalue weighted by atomic mass is 11.4. The number of rotatable bonds is 3. The largest absolute Gasteiger partial charge is 0.612 e. The first-order valence-corrected chi connectivity index (χ1v) is 2.16. The number of nitrogens with one attached hydrogen (secondary N) is 4. The molecular formula is C2H10N4O2. The van der Waals surface area contributed by atoms with Gasteiger partial charge in [-0.1, -0.05) is 11.1 Å². The monoisotopic (exact) mass is 122 g/mol. The van der Waals surface area contributed by atoms with Crippen LogP contribution in [0.3, 0.4) is 0 Å². The van der Waals surface area contributed by atoms with Gasteiger partial charge in [-0.2, -0.15) is 0 Å². The zero-order valence-corrected chi connectivity index (χ0v) is 4.82. The highest BCUT2D eigenvalue weighted by molar-refractivity contribution is 3.94. The Morgan fingerprint density at radius 2 is 1.25 bits per heavy atom. The second kappa shape index (κ2) is 3.72. The zero-order chi connectivity index (χ0) is 6.57. The summed E-state index contributed by atoms with van der Waals surface area (Å²) in [4.78, 5) is 0. The highest BCUT2D eigenvalue weighted by Crippen LogP contribution is 1.08. The fourth-order valence-electron chi connectivity index (χ4n) is 0.176. The van der Waals surface area contributed by atoms with Gasteiger partial charge in [0.15, 0.2) is 0 Å². The van der Waals surface area contributed by atoms with E-state index in [1.807, 2.05) is 0 Å². The van der Waals surface area contributed by atoms with Crippen molar-refractivity contribution in [3.8, 4) is 0 Å². The Balaban J connectivity index is 2.93. The van der Waals surface area contributed by atoms with Gasteiger partial charge in [0.2, 0.25) is 0 Å². The van der Waals surface area contributed by atoms with Crippen molar-refractivity contribution in [2.24, 2.45) is 0 Å². The average Bonchev–Trinajstić information content (AvgIpc) is 1.61. The lowest BCUT2D eigenvalue weighted by molar-refractivity contribution is -0.966. The van der Waals surface area contributed by atoms with Crippen LogP contribution in [0.5, 0.6) is 0 Å². The molecule has 0 aromatic carbocycles. The maximum absolute atomic E-state index is 10.0. The molecule has 0 aliphatic carbocycles. The fourth-order valence-corrected chi connectivity index (χ4v) is 0.176. The van der Waals surface area contributed by atoms with Gasteiger partial charge in [0, 0.05) is 0 Å². The molecule has 6 heteroatoms. The summed E-state index contributed by atoms with van der Waals surface area (Å²) in [6.45, 7) is 0. The molecule has 2 unspecified atom stereocenters. The van der Waals surface area contributed by atoms with E-state index >= 15 is 0 Å². The lowest BCUT2D eigenvalue weighted by Gasteiger charge is -2.21. The van der Waals surface area contributed by atoms with Gasteiger partial charge in [0.05, 0.1) is 14.1 Å². The Bertz CT molecular complexity index is 48.0. The van der Waals surface area contributed by atoms with Gasteiger partial charge in [0.1, 0.15) is 0 Å². The quantitative estimate of drug-likeness (QED) is 0.287. The van der Waals surface area contributed by atoms with Gasteiger partial charge in [-0.15, -0.1) is 0 Å². The van der Waals surface area contributed by atoms with E-state index in [0.717, 1.165) is 0 Å². The Hall–Kier alpha value is -0.240. The molecule has 0 bridgehead atoms. The van der Waals surface area contributed by atoms with Crippen LogP contribution in [0.15, 0.2) is 0 Å². The summed E-state index contributed by atoms with van der Waals surface area (Å²) in [5, 5.41) is 19.5. The molecule has 0 aliphatic heterocycles. The second-order valence-corrected chi connectivity index (χ2v) is 1.36. The number of hydrogen-bond acceptors (Lipinski definition) is 4. The van der Waals surface area contributed by atoms with Crippen LogP contribution < -0.4 is 21.4 Å². The van der Waals surface area contributed by atoms with E-state index in [9.17, 15) is 10.4 Å². The van der Waals surface area contributed by atoms with Crippen LogP contribution in [0.2, 0.25) is 0 Å². The Labute approximate surface area is 47.1 Å². The predicted octanol–water partition coefficient (Wildman–Crippen LogP) is -4.06. The standard InChI is InChI=1S/C2H10N4O2/c1-5(7)3-4-6(2)8/h3-6H,1-2H3. The molecule has 0 spiro atoms. The smallest absolute Gasteiger partial charge is 0.0852 e. The second-order valence-electron chi connectivity index (χ2n) is 1.36. The summed E-state index contributed by atoms with van der Waals surface area (Å²) >= 11 is 0. The Kier molecular flexibility index (Phi) is 3.61. The van der Waals surface area contributed by atoms with E-state index in [0.29, 0.717) is 0 Å². The van der Waals surface area contributed by atoms with Crippen LogP contribution in [0.25, 0.3) is 0 Å². The normalized spacial score (nSPS) is 18.0. The summed E-state index contributed by atoms with van der Waals surface area (Å²) in [6.07, 6.45) is 0. The minimum Gasteiger partial charge on any atom is -0.612 e. The van der Waals surface area contributed by atoms with Crippen molar-refractivity contribution < 1.29 is 10.3 Å². The molecule has 0 fully saturated rings. The third-order valence-corrected chi connectivity index (χ3v) is 0.415. The van der Waals surface area contributed by atoms with Crippen molar-refractivity contribution in [3.63, 3.8) is 0 Å². The molecule has 0 heterocycles. The molecule has 0 rings (SSSR count). The molecule has 2 atom stereocenters. The van der Waals surface area contributed by atoms with Gasteiger partial charge in [-0.25, -0.2) is 0 Å². The molecule has 50 valence electrons. The van der Waals surface area contributed by atoms with Gasteiger partial charge >= 0.3 is 0 Å². The van der Waals surface area contributed by atoms with Crippen LogP contribution in [-0.4, -0.2) is 14.1 Å². The van der Waals surface area contributed by atoms with Crippen LogP contribution in [0.1, 0.15) is 0 Å². The van der Waals surface area contributed by atoms with Gasteiger partial charge in [0.25, 0.3) is 0 Å². The van der Waals surface area contributed by atoms with Gasteiger partial charge < -0.3 is 10.4 Å². The molecule has 8 heavy (non-hydrogen) atoms. The van der Waals surface area contributed by atoms with Crippen LogP contribution in [0, 0.1) is 10.4 Å². The summed E-state index contributed by atoms with van der Waals surface area (Å²) < 4.78 is 0. The van der Waals surface area contributed by atoms with Crippen molar-refractivity contribution >= 4 is 0 Å².